The van der Waals surface area contributed by atoms with Gasteiger partial charge in [0.05, 0.1) is 16.5 Å². The van der Waals surface area contributed by atoms with Gasteiger partial charge in [0.2, 0.25) is 15.9 Å². The summed E-state index contributed by atoms with van der Waals surface area (Å²) in [6.45, 7) is 4.28. The molecule has 0 saturated carbocycles. The zero-order chi connectivity index (χ0) is 22.2. The third-order valence-corrected chi connectivity index (χ3v) is 7.70. The van der Waals surface area contributed by atoms with Crippen LogP contribution in [0.25, 0.3) is 0 Å². The number of aryl methyl sites for hydroxylation is 1. The molecule has 2 N–H and O–H groups in total. The molecule has 0 aliphatic carbocycles. The van der Waals surface area contributed by atoms with Crippen LogP contribution in [0.5, 0.6) is 5.75 Å². The second-order valence-electron chi connectivity index (χ2n) is 7.93. The van der Waals surface area contributed by atoms with Gasteiger partial charge in [0.1, 0.15) is 5.75 Å². The number of anilines is 2. The van der Waals surface area contributed by atoms with Crippen molar-refractivity contribution in [2.24, 2.45) is 5.92 Å². The minimum Gasteiger partial charge on any atom is -0.482 e. The Hall–Kier alpha value is -2.91. The van der Waals surface area contributed by atoms with Crippen LogP contribution in [0.4, 0.5) is 11.4 Å². The number of rotatable bonds is 4. The van der Waals surface area contributed by atoms with E-state index >= 15 is 0 Å². The van der Waals surface area contributed by atoms with Gasteiger partial charge in [-0.15, -0.1) is 0 Å². The fourth-order valence-electron chi connectivity index (χ4n) is 3.87. The molecule has 0 aromatic heterocycles. The summed E-state index contributed by atoms with van der Waals surface area (Å²) in [6.07, 6.45) is 1.21. The second-order valence-corrected chi connectivity index (χ2v) is 9.87. The van der Waals surface area contributed by atoms with Gasteiger partial charge in [0.25, 0.3) is 5.91 Å². The minimum atomic E-state index is -3.82. The van der Waals surface area contributed by atoms with Gasteiger partial charge in [-0.1, -0.05) is 12.1 Å². The molecular weight excluding hydrogens is 418 g/mol. The number of amides is 2. The molecule has 2 heterocycles. The van der Waals surface area contributed by atoms with Crippen LogP contribution in [0, 0.1) is 19.8 Å². The first kappa shape index (κ1) is 21.3. The maximum Gasteiger partial charge on any atom is 0.262 e. The highest BCUT2D eigenvalue weighted by atomic mass is 32.2. The van der Waals surface area contributed by atoms with Crippen LogP contribution < -0.4 is 15.4 Å². The lowest BCUT2D eigenvalue weighted by molar-refractivity contribution is -0.121. The standard InChI is InChI=1S/C22H25N3O5S/c1-14-5-3-7-18(15(14)2)24-22(27)16-6-4-10-25(12-16)31(28,29)17-8-9-20-19(11-17)23-21(26)13-30-20/h3,5,7-9,11,16H,4,6,10,12-13H2,1-2H3,(H,23,26)(H,24,27)/t16-/m1/s1. The molecule has 0 unspecified atom stereocenters. The van der Waals surface area contributed by atoms with Crippen molar-refractivity contribution in [1.82, 2.24) is 4.31 Å². The summed E-state index contributed by atoms with van der Waals surface area (Å²) >= 11 is 0. The number of sulfonamides is 1. The summed E-state index contributed by atoms with van der Waals surface area (Å²) in [6, 6.07) is 10.1. The van der Waals surface area contributed by atoms with E-state index in [1.54, 1.807) is 0 Å². The summed E-state index contributed by atoms with van der Waals surface area (Å²) in [4.78, 5) is 24.5. The zero-order valence-electron chi connectivity index (χ0n) is 17.5. The average Bonchev–Trinajstić information content (AvgIpc) is 2.76. The molecular formula is C22H25N3O5S. The highest BCUT2D eigenvalue weighted by Gasteiger charge is 2.34. The smallest absolute Gasteiger partial charge is 0.262 e. The molecule has 2 aromatic carbocycles. The van der Waals surface area contributed by atoms with Gasteiger partial charge in [0.15, 0.2) is 6.61 Å². The fraction of sp³-hybridized carbons (Fsp3) is 0.364. The minimum absolute atomic E-state index is 0.0626. The normalized spacial score (nSPS) is 19.2. The predicted octanol–water partition coefficient (Wildman–Crippen LogP) is 2.67. The monoisotopic (exact) mass is 443 g/mol. The van der Waals surface area contributed by atoms with Crippen LogP contribution in [0.15, 0.2) is 41.3 Å². The van der Waals surface area contributed by atoms with E-state index in [4.69, 9.17) is 4.74 Å². The van der Waals surface area contributed by atoms with E-state index in [2.05, 4.69) is 10.6 Å². The van der Waals surface area contributed by atoms with Crippen molar-refractivity contribution in [1.29, 1.82) is 0 Å². The molecule has 4 rings (SSSR count). The molecule has 0 spiro atoms. The summed E-state index contributed by atoms with van der Waals surface area (Å²) in [5.41, 5.74) is 3.15. The lowest BCUT2D eigenvalue weighted by Gasteiger charge is -2.31. The number of hydrogen-bond donors (Lipinski definition) is 2. The maximum atomic E-state index is 13.2. The van der Waals surface area contributed by atoms with Crippen LogP contribution in [0.1, 0.15) is 24.0 Å². The first-order chi connectivity index (χ1) is 14.8. The molecule has 31 heavy (non-hydrogen) atoms. The lowest BCUT2D eigenvalue weighted by atomic mass is 9.98. The molecule has 2 aliphatic rings. The quantitative estimate of drug-likeness (QED) is 0.756. The van der Waals surface area contributed by atoms with Crippen LogP contribution in [0.2, 0.25) is 0 Å². The number of nitrogens with zero attached hydrogens (tertiary/aromatic N) is 1. The van der Waals surface area contributed by atoms with Crippen LogP contribution in [-0.2, 0) is 19.6 Å². The van der Waals surface area contributed by atoms with E-state index < -0.39 is 15.9 Å². The summed E-state index contributed by atoms with van der Waals surface area (Å²) in [5, 5.41) is 5.58. The molecule has 0 radical (unpaired) electrons. The maximum absolute atomic E-state index is 13.2. The van der Waals surface area contributed by atoms with Gasteiger partial charge < -0.3 is 15.4 Å². The third-order valence-electron chi connectivity index (χ3n) is 5.84. The number of fused-ring (bicyclic) bond motifs is 1. The summed E-state index contributed by atoms with van der Waals surface area (Å²) < 4.78 is 33.1. The van der Waals surface area contributed by atoms with Gasteiger partial charge in [-0.2, -0.15) is 4.31 Å². The van der Waals surface area contributed by atoms with Crippen molar-refractivity contribution in [2.45, 2.75) is 31.6 Å². The topological polar surface area (TPSA) is 105 Å². The van der Waals surface area contributed by atoms with E-state index in [0.29, 0.717) is 30.8 Å². The molecule has 1 atom stereocenters. The number of nitrogens with one attached hydrogen (secondary N) is 2. The predicted molar refractivity (Wildman–Crippen MR) is 117 cm³/mol. The Labute approximate surface area is 181 Å². The number of piperidine rings is 1. The van der Waals surface area contributed by atoms with Gasteiger partial charge in [-0.05, 0) is 62.1 Å². The zero-order valence-corrected chi connectivity index (χ0v) is 18.3. The van der Waals surface area contributed by atoms with E-state index in [0.717, 1.165) is 16.8 Å². The lowest BCUT2D eigenvalue weighted by Crippen LogP contribution is -2.43. The van der Waals surface area contributed by atoms with Crippen molar-refractivity contribution >= 4 is 33.2 Å². The highest BCUT2D eigenvalue weighted by Crippen LogP contribution is 2.32. The molecule has 1 fully saturated rings. The third kappa shape index (κ3) is 4.28. The Balaban J connectivity index is 1.51. The molecule has 0 bridgehead atoms. The highest BCUT2D eigenvalue weighted by molar-refractivity contribution is 7.89. The molecule has 8 nitrogen and oxygen atoms in total. The summed E-state index contributed by atoms with van der Waals surface area (Å²) in [7, 11) is -3.82. The van der Waals surface area contributed by atoms with E-state index in [9.17, 15) is 18.0 Å². The molecule has 2 aliphatic heterocycles. The van der Waals surface area contributed by atoms with Gasteiger partial charge >= 0.3 is 0 Å². The van der Waals surface area contributed by atoms with Gasteiger partial charge in [-0.3, -0.25) is 9.59 Å². The Morgan fingerprint density at radius 2 is 2.03 bits per heavy atom. The van der Waals surface area contributed by atoms with Gasteiger partial charge in [-0.25, -0.2) is 8.42 Å². The van der Waals surface area contributed by atoms with Crippen molar-refractivity contribution in [3.63, 3.8) is 0 Å². The van der Waals surface area contributed by atoms with Crippen molar-refractivity contribution in [3.05, 3.63) is 47.5 Å². The Bertz CT molecular complexity index is 1150. The molecule has 2 aromatic rings. The van der Waals surface area contributed by atoms with Crippen molar-refractivity contribution < 1.29 is 22.7 Å². The number of ether oxygens (including phenoxy) is 1. The van der Waals surface area contributed by atoms with E-state index in [1.165, 1.54) is 22.5 Å². The first-order valence-electron chi connectivity index (χ1n) is 10.2. The Morgan fingerprint density at radius 3 is 2.84 bits per heavy atom. The molecule has 2 amide bonds. The number of carbonyl (C=O) groups excluding carboxylic acids is 2. The van der Waals surface area contributed by atoms with Crippen LogP contribution >= 0.6 is 0 Å². The molecule has 1 saturated heterocycles. The second kappa shape index (κ2) is 8.32. The number of carbonyl (C=O) groups is 2. The van der Waals surface area contributed by atoms with E-state index in [1.807, 2.05) is 32.0 Å². The first-order valence-corrected chi connectivity index (χ1v) is 11.6. The Kier molecular flexibility index (Phi) is 5.72. The molecule has 9 heteroatoms. The number of benzene rings is 2. The average molecular weight is 444 g/mol. The molecule has 164 valence electrons. The largest absolute Gasteiger partial charge is 0.482 e. The van der Waals surface area contributed by atoms with Crippen molar-refractivity contribution in [3.8, 4) is 5.75 Å². The van der Waals surface area contributed by atoms with E-state index in [-0.39, 0.29) is 29.9 Å². The Morgan fingerprint density at radius 1 is 1.23 bits per heavy atom. The fourth-order valence-corrected chi connectivity index (χ4v) is 5.42. The summed E-state index contributed by atoms with van der Waals surface area (Å²) in [5.74, 6) is -0.519. The SMILES string of the molecule is Cc1cccc(NC(=O)[C@@H]2CCCN(S(=O)(=O)c3ccc4c(c3)NC(=O)CO4)C2)c1C. The van der Waals surface area contributed by atoms with Crippen molar-refractivity contribution in [2.75, 3.05) is 30.3 Å². The van der Waals surface area contributed by atoms with Gasteiger partial charge in [0, 0.05) is 18.8 Å². The van der Waals surface area contributed by atoms with Crippen LogP contribution in [-0.4, -0.2) is 44.2 Å². The van der Waals surface area contributed by atoms with Crippen LogP contribution in [0.3, 0.4) is 0 Å². The number of hydrogen-bond acceptors (Lipinski definition) is 5.